The zero-order valence-corrected chi connectivity index (χ0v) is 19.1. The van der Waals surface area contributed by atoms with Crippen molar-refractivity contribution in [2.45, 2.75) is 12.6 Å². The quantitative estimate of drug-likeness (QED) is 0.468. The zero-order valence-electron chi connectivity index (χ0n) is 19.1. The van der Waals surface area contributed by atoms with Gasteiger partial charge in [-0.2, -0.15) is 18.4 Å². The van der Waals surface area contributed by atoms with E-state index in [9.17, 15) is 18.4 Å². The summed E-state index contributed by atoms with van der Waals surface area (Å²) in [5, 5.41) is 12.9. The van der Waals surface area contributed by atoms with Crippen LogP contribution in [0.3, 0.4) is 0 Å². The number of benzene rings is 2. The molecule has 0 amide bonds. The normalized spacial score (nSPS) is 14.5. The number of anilines is 2. The van der Waals surface area contributed by atoms with E-state index in [0.29, 0.717) is 34.8 Å². The molecule has 2 aromatic carbocycles. The number of ether oxygens (including phenoxy) is 3. The van der Waals surface area contributed by atoms with Gasteiger partial charge in [-0.05, 0) is 30.7 Å². The molecule has 4 rings (SSSR count). The SMILES string of the molecule is COc1cc2c(Nc3ccc(C(F)(F)F)cc3C#N)ncnc2cc1OCCCN1CCOCC1. The largest absolute Gasteiger partial charge is 0.493 e. The highest BCUT2D eigenvalue weighted by Gasteiger charge is 2.31. The molecule has 11 heteroatoms. The van der Waals surface area contributed by atoms with Crippen LogP contribution in [0.25, 0.3) is 10.9 Å². The first-order chi connectivity index (χ1) is 16.9. The summed E-state index contributed by atoms with van der Waals surface area (Å²) < 4.78 is 55.8. The number of morpholine rings is 1. The van der Waals surface area contributed by atoms with Gasteiger partial charge in [-0.25, -0.2) is 9.97 Å². The topological polar surface area (TPSA) is 92.5 Å². The second-order valence-corrected chi connectivity index (χ2v) is 7.89. The summed E-state index contributed by atoms with van der Waals surface area (Å²) in [5.41, 5.74) is -0.303. The highest BCUT2D eigenvalue weighted by Crippen LogP contribution is 2.36. The lowest BCUT2D eigenvalue weighted by Crippen LogP contribution is -2.37. The molecule has 1 N–H and O–H groups in total. The van der Waals surface area contributed by atoms with Gasteiger partial charge in [0.1, 0.15) is 18.2 Å². The van der Waals surface area contributed by atoms with Gasteiger partial charge in [0, 0.05) is 31.1 Å². The van der Waals surface area contributed by atoms with Crippen LogP contribution in [-0.2, 0) is 10.9 Å². The lowest BCUT2D eigenvalue weighted by Gasteiger charge is -2.26. The number of aromatic nitrogens is 2. The van der Waals surface area contributed by atoms with Crippen LogP contribution in [0.5, 0.6) is 11.5 Å². The van der Waals surface area contributed by atoms with Gasteiger partial charge >= 0.3 is 6.18 Å². The number of methoxy groups -OCH3 is 1. The maximum absolute atomic E-state index is 13.0. The van der Waals surface area contributed by atoms with E-state index in [1.165, 1.54) is 19.5 Å². The number of nitrogens with zero attached hydrogens (tertiary/aromatic N) is 4. The van der Waals surface area contributed by atoms with E-state index in [-0.39, 0.29) is 11.3 Å². The molecule has 1 aliphatic heterocycles. The van der Waals surface area contributed by atoms with E-state index in [2.05, 4.69) is 20.2 Å². The number of hydrogen-bond donors (Lipinski definition) is 1. The molecule has 0 saturated carbocycles. The molecule has 0 unspecified atom stereocenters. The molecule has 2 heterocycles. The minimum Gasteiger partial charge on any atom is -0.493 e. The Hall–Kier alpha value is -3.62. The molecule has 1 saturated heterocycles. The Morgan fingerprint density at radius 2 is 1.94 bits per heavy atom. The highest BCUT2D eigenvalue weighted by atomic mass is 19.4. The van der Waals surface area contributed by atoms with Crippen LogP contribution in [0.15, 0.2) is 36.7 Å². The Kier molecular flexibility index (Phi) is 7.53. The van der Waals surface area contributed by atoms with Crippen molar-refractivity contribution < 1.29 is 27.4 Å². The second kappa shape index (κ2) is 10.8. The molecule has 1 fully saturated rings. The standard InChI is InChI=1S/C24H24F3N5O3/c1-33-21-12-18-20(13-22(21)35-8-2-5-32-6-9-34-10-7-32)29-15-30-23(18)31-19-4-3-17(24(25,26)27)11-16(19)14-28/h3-4,11-13,15H,2,5-10H2,1H3,(H,29,30,31). The summed E-state index contributed by atoms with van der Waals surface area (Å²) in [6.07, 6.45) is -2.38. The maximum Gasteiger partial charge on any atom is 0.416 e. The first-order valence-electron chi connectivity index (χ1n) is 11.0. The molecule has 1 aromatic heterocycles. The van der Waals surface area contributed by atoms with Gasteiger partial charge in [0.05, 0.1) is 49.3 Å². The fourth-order valence-corrected chi connectivity index (χ4v) is 3.78. The first-order valence-corrected chi connectivity index (χ1v) is 11.0. The molecule has 35 heavy (non-hydrogen) atoms. The van der Waals surface area contributed by atoms with Crippen LogP contribution in [0.2, 0.25) is 0 Å². The molecular formula is C24H24F3N5O3. The van der Waals surface area contributed by atoms with Gasteiger partial charge in [-0.15, -0.1) is 0 Å². The van der Waals surface area contributed by atoms with Gasteiger partial charge in [0.15, 0.2) is 11.5 Å². The van der Waals surface area contributed by atoms with Crippen molar-refractivity contribution >= 4 is 22.4 Å². The van der Waals surface area contributed by atoms with Gasteiger partial charge in [-0.3, -0.25) is 4.90 Å². The molecule has 0 spiro atoms. The van der Waals surface area contributed by atoms with E-state index in [1.54, 1.807) is 18.2 Å². The predicted molar refractivity (Wildman–Crippen MR) is 123 cm³/mol. The molecular weight excluding hydrogens is 463 g/mol. The van der Waals surface area contributed by atoms with E-state index >= 15 is 0 Å². The van der Waals surface area contributed by atoms with Crippen molar-refractivity contribution in [3.8, 4) is 17.6 Å². The summed E-state index contributed by atoms with van der Waals surface area (Å²) in [7, 11) is 1.52. The van der Waals surface area contributed by atoms with Gasteiger partial charge in [0.2, 0.25) is 0 Å². The van der Waals surface area contributed by atoms with E-state index < -0.39 is 11.7 Å². The monoisotopic (exact) mass is 487 g/mol. The number of nitriles is 1. The number of rotatable bonds is 8. The van der Waals surface area contributed by atoms with Crippen LogP contribution in [0.4, 0.5) is 24.7 Å². The number of fused-ring (bicyclic) bond motifs is 1. The molecule has 0 radical (unpaired) electrons. The number of hydrogen-bond acceptors (Lipinski definition) is 8. The van der Waals surface area contributed by atoms with Crippen LogP contribution in [0, 0.1) is 11.3 Å². The van der Waals surface area contributed by atoms with Crippen LogP contribution < -0.4 is 14.8 Å². The average Bonchev–Trinajstić information content (AvgIpc) is 2.86. The number of halogens is 3. The first kappa shape index (κ1) is 24.5. The number of nitrogens with one attached hydrogen (secondary N) is 1. The van der Waals surface area contributed by atoms with E-state index in [1.807, 2.05) is 0 Å². The Bertz CT molecular complexity index is 1220. The van der Waals surface area contributed by atoms with Crippen LogP contribution in [-0.4, -0.2) is 61.4 Å². The smallest absolute Gasteiger partial charge is 0.416 e. The average molecular weight is 487 g/mol. The molecule has 0 atom stereocenters. The highest BCUT2D eigenvalue weighted by molar-refractivity contribution is 5.93. The Balaban J connectivity index is 1.53. The number of alkyl halides is 3. The van der Waals surface area contributed by atoms with Crippen molar-refractivity contribution in [3.63, 3.8) is 0 Å². The lowest BCUT2D eigenvalue weighted by molar-refractivity contribution is -0.137. The van der Waals surface area contributed by atoms with Crippen LogP contribution >= 0.6 is 0 Å². The minimum atomic E-state index is -4.54. The maximum atomic E-state index is 13.0. The summed E-state index contributed by atoms with van der Waals surface area (Å²) >= 11 is 0. The van der Waals surface area contributed by atoms with Crippen molar-refractivity contribution in [2.75, 3.05) is 51.9 Å². The third-order valence-corrected chi connectivity index (χ3v) is 5.62. The Morgan fingerprint density at radius 1 is 1.14 bits per heavy atom. The van der Waals surface area contributed by atoms with Crippen molar-refractivity contribution in [2.24, 2.45) is 0 Å². The molecule has 0 aliphatic carbocycles. The Labute approximate surface area is 200 Å². The fourth-order valence-electron chi connectivity index (χ4n) is 3.78. The summed E-state index contributed by atoms with van der Waals surface area (Å²) in [6, 6.07) is 8.15. The van der Waals surface area contributed by atoms with E-state index in [4.69, 9.17) is 14.2 Å². The summed E-state index contributed by atoms with van der Waals surface area (Å²) in [6.45, 7) is 4.72. The zero-order chi connectivity index (χ0) is 24.8. The molecule has 3 aromatic rings. The van der Waals surface area contributed by atoms with Gasteiger partial charge in [-0.1, -0.05) is 0 Å². The van der Waals surface area contributed by atoms with Gasteiger partial charge < -0.3 is 19.5 Å². The van der Waals surface area contributed by atoms with Crippen LogP contribution in [0.1, 0.15) is 17.5 Å². The van der Waals surface area contributed by atoms with Crippen molar-refractivity contribution in [3.05, 3.63) is 47.8 Å². The summed E-state index contributed by atoms with van der Waals surface area (Å²) in [4.78, 5) is 10.8. The fraction of sp³-hybridized carbons (Fsp3) is 0.375. The summed E-state index contributed by atoms with van der Waals surface area (Å²) in [5.74, 6) is 1.32. The van der Waals surface area contributed by atoms with Gasteiger partial charge in [0.25, 0.3) is 0 Å². The lowest BCUT2D eigenvalue weighted by atomic mass is 10.1. The van der Waals surface area contributed by atoms with E-state index in [0.717, 1.165) is 51.4 Å². The molecule has 184 valence electrons. The molecule has 0 bridgehead atoms. The van der Waals surface area contributed by atoms with Crippen molar-refractivity contribution in [1.29, 1.82) is 5.26 Å². The minimum absolute atomic E-state index is 0.154. The third-order valence-electron chi connectivity index (χ3n) is 5.62. The Morgan fingerprint density at radius 3 is 2.66 bits per heavy atom. The third kappa shape index (κ3) is 5.90. The molecule has 8 nitrogen and oxygen atoms in total. The predicted octanol–water partition coefficient (Wildman–Crippen LogP) is 4.37. The molecule has 1 aliphatic rings. The van der Waals surface area contributed by atoms with Crippen molar-refractivity contribution in [1.82, 2.24) is 14.9 Å². The second-order valence-electron chi connectivity index (χ2n) is 7.89.